The van der Waals surface area contributed by atoms with Crippen molar-refractivity contribution >= 4 is 0 Å². The van der Waals surface area contributed by atoms with E-state index in [0.717, 1.165) is 25.3 Å². The number of nitrogens with zero attached hydrogens (tertiary/aromatic N) is 2. The van der Waals surface area contributed by atoms with E-state index < -0.39 is 0 Å². The highest BCUT2D eigenvalue weighted by molar-refractivity contribution is 5.34. The average Bonchev–Trinajstić information content (AvgIpc) is 2.85. The summed E-state index contributed by atoms with van der Waals surface area (Å²) in [6.45, 7) is 7.86. The lowest BCUT2D eigenvalue weighted by atomic mass is 10.0. The highest BCUT2D eigenvalue weighted by Crippen LogP contribution is 2.28. The molecule has 2 aliphatic heterocycles. The number of hydrogen-bond donors (Lipinski definition) is 0. The number of hydrogen-bond acceptors (Lipinski definition) is 3. The van der Waals surface area contributed by atoms with Crippen LogP contribution in [0.15, 0.2) is 54.6 Å². The normalized spacial score (nSPS) is 22.4. The Hall–Kier alpha value is -1.84. The van der Waals surface area contributed by atoms with Crippen molar-refractivity contribution in [3.63, 3.8) is 0 Å². The van der Waals surface area contributed by atoms with Crippen LogP contribution in [0.5, 0.6) is 5.75 Å². The number of likely N-dealkylation sites (tertiary alicyclic amines) is 1. The molecule has 4 rings (SSSR count). The van der Waals surface area contributed by atoms with E-state index in [1.807, 2.05) is 0 Å². The molecule has 1 atom stereocenters. The van der Waals surface area contributed by atoms with Gasteiger partial charge in [0.05, 0.1) is 0 Å². The van der Waals surface area contributed by atoms with Crippen LogP contribution in [0.3, 0.4) is 0 Å². The van der Waals surface area contributed by atoms with Gasteiger partial charge in [0.2, 0.25) is 0 Å². The van der Waals surface area contributed by atoms with Gasteiger partial charge in [-0.2, -0.15) is 0 Å². The first-order valence-electron chi connectivity index (χ1n) is 10.0. The van der Waals surface area contributed by atoms with Crippen molar-refractivity contribution in [1.29, 1.82) is 0 Å². The minimum absolute atomic E-state index is 0.259. The molecular formula is C23H30N2O. The second kappa shape index (κ2) is 8.24. The fourth-order valence-corrected chi connectivity index (χ4v) is 4.34. The topological polar surface area (TPSA) is 15.7 Å². The van der Waals surface area contributed by atoms with Crippen molar-refractivity contribution in [3.05, 3.63) is 65.7 Å². The van der Waals surface area contributed by atoms with Crippen LogP contribution in [0.2, 0.25) is 0 Å². The number of para-hydroxylation sites is 1. The van der Waals surface area contributed by atoms with Crippen LogP contribution in [0.25, 0.3) is 0 Å². The molecule has 0 bridgehead atoms. The van der Waals surface area contributed by atoms with Gasteiger partial charge in [-0.05, 0) is 50.9 Å². The molecular weight excluding hydrogens is 320 g/mol. The summed E-state index contributed by atoms with van der Waals surface area (Å²) < 4.78 is 6.13. The molecule has 2 aliphatic rings. The zero-order valence-corrected chi connectivity index (χ0v) is 15.8. The monoisotopic (exact) mass is 350 g/mol. The summed E-state index contributed by atoms with van der Waals surface area (Å²) in [5.74, 6) is 1.07. The van der Waals surface area contributed by atoms with Crippen molar-refractivity contribution in [3.8, 4) is 5.75 Å². The van der Waals surface area contributed by atoms with Crippen LogP contribution in [0.1, 0.15) is 30.9 Å². The summed E-state index contributed by atoms with van der Waals surface area (Å²) in [5, 5.41) is 0. The first kappa shape index (κ1) is 17.6. The number of ether oxygens (including phenoxy) is 1. The molecule has 1 unspecified atom stereocenters. The molecule has 2 heterocycles. The van der Waals surface area contributed by atoms with Gasteiger partial charge >= 0.3 is 0 Å². The second-order valence-corrected chi connectivity index (χ2v) is 7.77. The van der Waals surface area contributed by atoms with Crippen LogP contribution >= 0.6 is 0 Å². The Morgan fingerprint density at radius 1 is 0.962 bits per heavy atom. The Labute approximate surface area is 157 Å². The quantitative estimate of drug-likeness (QED) is 0.830. The summed E-state index contributed by atoms with van der Waals surface area (Å²) in [6, 6.07) is 20.1. The zero-order valence-electron chi connectivity index (χ0n) is 15.8. The molecule has 0 saturated carbocycles. The Bertz CT molecular complexity index is 694. The van der Waals surface area contributed by atoms with E-state index in [2.05, 4.69) is 71.3 Å². The van der Waals surface area contributed by atoms with Crippen molar-refractivity contribution in [1.82, 2.24) is 9.80 Å². The van der Waals surface area contributed by atoms with Gasteiger partial charge in [0, 0.05) is 31.2 Å². The number of piperidine rings is 1. The minimum Gasteiger partial charge on any atom is -0.489 e. The molecule has 0 spiro atoms. The maximum atomic E-state index is 6.13. The third-order valence-corrected chi connectivity index (χ3v) is 5.80. The van der Waals surface area contributed by atoms with E-state index in [4.69, 9.17) is 4.74 Å². The van der Waals surface area contributed by atoms with Crippen molar-refractivity contribution in [2.75, 3.05) is 26.2 Å². The van der Waals surface area contributed by atoms with Crippen LogP contribution in [0, 0.1) is 0 Å². The van der Waals surface area contributed by atoms with Crippen molar-refractivity contribution in [2.24, 2.45) is 0 Å². The average molecular weight is 351 g/mol. The molecule has 26 heavy (non-hydrogen) atoms. The van der Waals surface area contributed by atoms with Crippen LogP contribution in [-0.4, -0.2) is 48.1 Å². The number of fused-ring (bicyclic) bond motifs is 1. The van der Waals surface area contributed by atoms with E-state index in [1.54, 1.807) is 0 Å². The van der Waals surface area contributed by atoms with Gasteiger partial charge in [-0.1, -0.05) is 48.5 Å². The summed E-state index contributed by atoms with van der Waals surface area (Å²) in [5.41, 5.74) is 2.79. The molecule has 3 heteroatoms. The third kappa shape index (κ3) is 4.28. The fourth-order valence-electron chi connectivity index (χ4n) is 4.34. The van der Waals surface area contributed by atoms with E-state index >= 15 is 0 Å². The van der Waals surface area contributed by atoms with Gasteiger partial charge in [0.15, 0.2) is 0 Å². The summed E-state index contributed by atoms with van der Waals surface area (Å²) in [7, 11) is 0. The first-order chi connectivity index (χ1) is 12.8. The van der Waals surface area contributed by atoms with Crippen LogP contribution in [-0.2, 0) is 13.0 Å². The Kier molecular flexibility index (Phi) is 5.57. The van der Waals surface area contributed by atoms with Crippen molar-refractivity contribution in [2.45, 2.75) is 44.9 Å². The summed E-state index contributed by atoms with van der Waals surface area (Å²) >= 11 is 0. The van der Waals surface area contributed by atoms with Gasteiger partial charge in [0.25, 0.3) is 0 Å². The largest absolute Gasteiger partial charge is 0.489 e. The van der Waals surface area contributed by atoms with Crippen LogP contribution < -0.4 is 4.74 Å². The highest BCUT2D eigenvalue weighted by Gasteiger charge is 2.28. The predicted octanol–water partition coefficient (Wildman–Crippen LogP) is 3.98. The Morgan fingerprint density at radius 2 is 1.69 bits per heavy atom. The zero-order chi connectivity index (χ0) is 17.8. The fraction of sp³-hybridized carbons (Fsp3) is 0.478. The molecule has 2 aromatic carbocycles. The van der Waals surface area contributed by atoms with Crippen LogP contribution in [0.4, 0.5) is 0 Å². The van der Waals surface area contributed by atoms with E-state index in [-0.39, 0.29) is 6.10 Å². The molecule has 0 aliphatic carbocycles. The highest BCUT2D eigenvalue weighted by atomic mass is 16.5. The predicted molar refractivity (Wildman–Crippen MR) is 107 cm³/mol. The van der Waals surface area contributed by atoms with Gasteiger partial charge in [-0.3, -0.25) is 4.90 Å². The lowest BCUT2D eigenvalue weighted by Crippen LogP contribution is -2.46. The molecule has 2 aromatic rings. The first-order valence-corrected chi connectivity index (χ1v) is 10.0. The number of rotatable bonds is 4. The Morgan fingerprint density at radius 3 is 2.50 bits per heavy atom. The lowest BCUT2D eigenvalue weighted by Gasteiger charge is -2.38. The van der Waals surface area contributed by atoms with Gasteiger partial charge < -0.3 is 9.64 Å². The lowest BCUT2D eigenvalue weighted by molar-refractivity contribution is 0.0785. The second-order valence-electron chi connectivity index (χ2n) is 7.77. The minimum atomic E-state index is 0.259. The smallest absolute Gasteiger partial charge is 0.124 e. The van der Waals surface area contributed by atoms with E-state index in [9.17, 15) is 0 Å². The molecule has 138 valence electrons. The third-order valence-electron chi connectivity index (χ3n) is 5.80. The van der Waals surface area contributed by atoms with Crippen molar-refractivity contribution < 1.29 is 4.74 Å². The maximum absolute atomic E-state index is 6.13. The molecule has 3 nitrogen and oxygen atoms in total. The molecule has 0 aromatic heterocycles. The molecule has 1 fully saturated rings. The van der Waals surface area contributed by atoms with Gasteiger partial charge in [-0.25, -0.2) is 0 Å². The van der Waals surface area contributed by atoms with E-state index in [0.29, 0.717) is 6.04 Å². The Balaban J connectivity index is 1.31. The molecule has 0 radical (unpaired) electrons. The van der Waals surface area contributed by atoms with Gasteiger partial charge in [0.1, 0.15) is 11.9 Å². The summed E-state index contributed by atoms with van der Waals surface area (Å²) in [4.78, 5) is 5.29. The molecule has 0 amide bonds. The maximum Gasteiger partial charge on any atom is 0.124 e. The molecule has 1 saturated heterocycles. The molecule has 0 N–H and O–H groups in total. The standard InChI is InChI=1S/C23H30N2O/c1-19-17-25(18-21-9-5-6-10-23(21)26-19)22-12-15-24(16-13-22)14-11-20-7-3-2-4-8-20/h2-10,19,22H,11-18H2,1H3. The SMILES string of the molecule is CC1CN(C2CCN(CCc3ccccc3)CC2)Cc2ccccc2O1. The van der Waals surface area contributed by atoms with E-state index in [1.165, 1.54) is 43.6 Å². The summed E-state index contributed by atoms with van der Waals surface area (Å²) in [6.07, 6.45) is 3.95. The number of benzene rings is 2. The van der Waals surface area contributed by atoms with Gasteiger partial charge in [-0.15, -0.1) is 0 Å².